The van der Waals surface area contributed by atoms with Crippen LogP contribution >= 0.6 is 11.6 Å². The van der Waals surface area contributed by atoms with E-state index in [2.05, 4.69) is 0 Å². The van der Waals surface area contributed by atoms with Crippen molar-refractivity contribution >= 4 is 28.5 Å². The third-order valence-electron chi connectivity index (χ3n) is 4.72. The Hall–Kier alpha value is -2.74. The second kappa shape index (κ2) is 8.73. The first-order valence-corrected chi connectivity index (χ1v) is 9.19. The highest BCUT2D eigenvalue weighted by Crippen LogP contribution is 2.23. The van der Waals surface area contributed by atoms with Crippen molar-refractivity contribution in [1.29, 1.82) is 0 Å². The molecule has 0 spiro atoms. The van der Waals surface area contributed by atoms with Crippen molar-refractivity contribution < 1.29 is 24.1 Å². The number of carboxylic acids is 1. The molecule has 1 aromatic heterocycles. The first kappa shape index (κ1) is 21.0. The zero-order valence-corrected chi connectivity index (χ0v) is 16.3. The predicted molar refractivity (Wildman–Crippen MR) is 107 cm³/mol. The Morgan fingerprint density at radius 2 is 2.07 bits per heavy atom. The number of aromatic nitrogens is 1. The summed E-state index contributed by atoms with van der Waals surface area (Å²) in [5.41, 5.74) is 0.368. The minimum atomic E-state index is -1.37. The fraction of sp³-hybridized carbons (Fsp3) is 0.238. The van der Waals surface area contributed by atoms with E-state index in [-0.39, 0.29) is 30.0 Å². The van der Waals surface area contributed by atoms with Gasteiger partial charge in [0.25, 0.3) is 0 Å². The van der Waals surface area contributed by atoms with E-state index in [0.29, 0.717) is 16.6 Å². The lowest BCUT2D eigenvalue weighted by molar-refractivity contribution is 0.0692. The average molecular weight is 420 g/mol. The van der Waals surface area contributed by atoms with Crippen molar-refractivity contribution in [1.82, 2.24) is 4.57 Å². The van der Waals surface area contributed by atoms with Crippen molar-refractivity contribution in [2.24, 2.45) is 0 Å². The number of fused-ring (bicyclic) bond motifs is 1. The first-order chi connectivity index (χ1) is 13.9. The van der Waals surface area contributed by atoms with Gasteiger partial charge in [0.05, 0.1) is 29.8 Å². The topological polar surface area (TPSA) is 88.8 Å². The highest BCUT2D eigenvalue weighted by Gasteiger charge is 2.19. The van der Waals surface area contributed by atoms with Gasteiger partial charge in [0.1, 0.15) is 11.4 Å². The lowest BCUT2D eigenvalue weighted by Gasteiger charge is -2.21. The van der Waals surface area contributed by atoms with Gasteiger partial charge >= 0.3 is 5.97 Å². The number of carboxylic acid groups (broad SMARTS) is 1. The number of hydrogen-bond donors (Lipinski definition) is 2. The highest BCUT2D eigenvalue weighted by molar-refractivity contribution is 6.30. The van der Waals surface area contributed by atoms with Gasteiger partial charge < -0.3 is 19.5 Å². The van der Waals surface area contributed by atoms with Crippen molar-refractivity contribution in [3.05, 3.63) is 80.3 Å². The Bertz CT molecular complexity index is 1130. The van der Waals surface area contributed by atoms with E-state index in [1.165, 1.54) is 23.9 Å². The molecule has 0 saturated carbocycles. The molecule has 0 radical (unpaired) electrons. The maximum absolute atomic E-state index is 14.2. The van der Waals surface area contributed by atoms with Crippen LogP contribution in [0.25, 0.3) is 10.9 Å². The summed E-state index contributed by atoms with van der Waals surface area (Å²) in [5.74, 6) is -1.91. The molecule has 152 valence electrons. The Balaban J connectivity index is 2.18. The highest BCUT2D eigenvalue weighted by atomic mass is 35.5. The zero-order valence-electron chi connectivity index (χ0n) is 15.6. The van der Waals surface area contributed by atoms with Crippen LogP contribution in [0.2, 0.25) is 5.02 Å². The number of hydrogen-bond acceptors (Lipinski definition) is 4. The molecule has 0 bridgehead atoms. The Labute approximate surface area is 170 Å². The maximum atomic E-state index is 14.2. The van der Waals surface area contributed by atoms with Gasteiger partial charge in [0.2, 0.25) is 5.43 Å². The van der Waals surface area contributed by atoms with E-state index < -0.39 is 28.8 Å². The van der Waals surface area contributed by atoms with Crippen LogP contribution in [0, 0.1) is 5.82 Å². The summed E-state index contributed by atoms with van der Waals surface area (Å²) in [5, 5.41) is 19.3. The van der Waals surface area contributed by atoms with Gasteiger partial charge in [-0.25, -0.2) is 9.18 Å². The number of rotatable bonds is 7. The van der Waals surface area contributed by atoms with E-state index in [9.17, 15) is 24.2 Å². The molecule has 0 fully saturated rings. The molecule has 2 aromatic carbocycles. The van der Waals surface area contributed by atoms with Crippen LogP contribution in [0.15, 0.2) is 47.4 Å². The summed E-state index contributed by atoms with van der Waals surface area (Å²) >= 11 is 5.83. The molecule has 0 aliphatic rings. The molecule has 29 heavy (non-hydrogen) atoms. The third-order valence-corrected chi connectivity index (χ3v) is 5.01. The van der Waals surface area contributed by atoms with E-state index in [1.54, 1.807) is 30.3 Å². The van der Waals surface area contributed by atoms with Gasteiger partial charge in [0.15, 0.2) is 0 Å². The number of halogens is 2. The molecule has 1 atom stereocenters. The lowest BCUT2D eigenvalue weighted by atomic mass is 10.0. The van der Waals surface area contributed by atoms with Crippen LogP contribution in [-0.2, 0) is 11.2 Å². The molecule has 2 N–H and O–H groups in total. The summed E-state index contributed by atoms with van der Waals surface area (Å²) in [7, 11) is 1.46. The number of methoxy groups -OCH3 is 1. The molecule has 1 heterocycles. The van der Waals surface area contributed by atoms with Crippen molar-refractivity contribution in [2.75, 3.05) is 20.3 Å². The maximum Gasteiger partial charge on any atom is 0.341 e. The summed E-state index contributed by atoms with van der Waals surface area (Å²) in [6.45, 7) is -0.177. The monoisotopic (exact) mass is 419 g/mol. The molecule has 3 aromatic rings. The van der Waals surface area contributed by atoms with Gasteiger partial charge in [0, 0.05) is 25.1 Å². The third kappa shape index (κ3) is 4.17. The van der Waals surface area contributed by atoms with Gasteiger partial charge in [-0.2, -0.15) is 0 Å². The Morgan fingerprint density at radius 1 is 1.31 bits per heavy atom. The minimum absolute atomic E-state index is 0.00385. The summed E-state index contributed by atoms with van der Waals surface area (Å²) < 4.78 is 20.9. The molecular formula is C21H19ClFNO5. The largest absolute Gasteiger partial charge is 0.477 e. The number of ether oxygens (including phenoxy) is 1. The standard InChI is InChI=1S/C21H19ClFNO5/c1-29-11-14(10-25)24-9-16(21(27)28)20(26)15-8-12(5-6-18(15)24)7-13-3-2-4-17(22)19(13)23/h2-6,8-9,14,25H,7,10-11H2,1H3,(H,27,28). The van der Waals surface area contributed by atoms with Crippen LogP contribution in [0.5, 0.6) is 0 Å². The fourth-order valence-electron chi connectivity index (χ4n) is 3.29. The molecule has 8 heteroatoms. The number of benzene rings is 2. The normalized spacial score (nSPS) is 12.3. The van der Waals surface area contributed by atoms with Gasteiger partial charge in [-0.3, -0.25) is 4.79 Å². The number of aliphatic hydroxyl groups is 1. The Kier molecular flexibility index (Phi) is 6.32. The molecule has 1 unspecified atom stereocenters. The molecule has 0 aliphatic heterocycles. The van der Waals surface area contributed by atoms with E-state index >= 15 is 0 Å². The number of pyridine rings is 1. The fourth-order valence-corrected chi connectivity index (χ4v) is 3.48. The summed E-state index contributed by atoms with van der Waals surface area (Å²) in [6.07, 6.45) is 1.39. The van der Waals surface area contributed by atoms with Crippen molar-refractivity contribution in [2.45, 2.75) is 12.5 Å². The van der Waals surface area contributed by atoms with Crippen molar-refractivity contribution in [3.8, 4) is 0 Å². The van der Waals surface area contributed by atoms with E-state index in [0.717, 1.165) is 0 Å². The average Bonchev–Trinajstić information content (AvgIpc) is 2.70. The number of aromatic carboxylic acids is 1. The summed E-state index contributed by atoms with van der Waals surface area (Å²) in [6, 6.07) is 9.02. The van der Waals surface area contributed by atoms with Crippen LogP contribution in [0.4, 0.5) is 4.39 Å². The minimum Gasteiger partial charge on any atom is -0.477 e. The molecular weight excluding hydrogens is 401 g/mol. The van der Waals surface area contributed by atoms with Gasteiger partial charge in [-0.05, 0) is 29.3 Å². The van der Waals surface area contributed by atoms with E-state index in [4.69, 9.17) is 16.3 Å². The first-order valence-electron chi connectivity index (χ1n) is 8.81. The second-order valence-electron chi connectivity index (χ2n) is 6.62. The van der Waals surface area contributed by atoms with E-state index in [1.807, 2.05) is 0 Å². The smallest absolute Gasteiger partial charge is 0.341 e. The molecule has 0 amide bonds. The van der Waals surface area contributed by atoms with Crippen LogP contribution < -0.4 is 5.43 Å². The van der Waals surface area contributed by atoms with Crippen LogP contribution in [-0.4, -0.2) is 41.1 Å². The number of aliphatic hydroxyl groups excluding tert-OH is 1. The SMILES string of the molecule is COCC(CO)n1cc(C(=O)O)c(=O)c2cc(Cc3cccc(Cl)c3F)ccc21. The lowest BCUT2D eigenvalue weighted by Crippen LogP contribution is -2.25. The number of carbonyl (C=O) groups is 1. The molecule has 6 nitrogen and oxygen atoms in total. The molecule has 0 saturated heterocycles. The van der Waals surface area contributed by atoms with Gasteiger partial charge in [-0.1, -0.05) is 29.8 Å². The van der Waals surface area contributed by atoms with Crippen LogP contribution in [0.1, 0.15) is 27.5 Å². The molecule has 3 rings (SSSR count). The zero-order chi connectivity index (χ0) is 21.1. The van der Waals surface area contributed by atoms with Gasteiger partial charge in [-0.15, -0.1) is 0 Å². The second-order valence-corrected chi connectivity index (χ2v) is 7.02. The number of nitrogens with zero attached hydrogens (tertiary/aromatic N) is 1. The predicted octanol–water partition coefficient (Wildman–Crippen LogP) is 3.26. The summed E-state index contributed by atoms with van der Waals surface area (Å²) in [4.78, 5) is 24.3. The molecule has 0 aliphatic carbocycles. The van der Waals surface area contributed by atoms with Crippen LogP contribution in [0.3, 0.4) is 0 Å². The van der Waals surface area contributed by atoms with Crippen molar-refractivity contribution in [3.63, 3.8) is 0 Å². The Morgan fingerprint density at radius 3 is 2.72 bits per heavy atom. The quantitative estimate of drug-likeness (QED) is 0.613.